The first kappa shape index (κ1) is 18.6. The van der Waals surface area contributed by atoms with E-state index in [1.165, 1.54) is 0 Å². The van der Waals surface area contributed by atoms with Crippen molar-refractivity contribution in [2.75, 3.05) is 6.61 Å². The van der Waals surface area contributed by atoms with Gasteiger partial charge in [-0.05, 0) is 39.2 Å². The Bertz CT molecular complexity index is 763. The fourth-order valence-electron chi connectivity index (χ4n) is 5.06. The molecular weight excluding hydrogens is 332 g/mol. The van der Waals surface area contributed by atoms with E-state index in [0.717, 1.165) is 12.0 Å². The Labute approximate surface area is 154 Å². The molecule has 5 heteroatoms. The van der Waals surface area contributed by atoms with E-state index in [0.29, 0.717) is 12.0 Å². The number of carbonyl (C=O) groups is 3. The first-order valence-corrected chi connectivity index (χ1v) is 9.28. The third-order valence-electron chi connectivity index (χ3n) is 6.10. The monoisotopic (exact) mass is 358 g/mol. The third kappa shape index (κ3) is 2.06. The second-order valence-corrected chi connectivity index (χ2v) is 7.66. The van der Waals surface area contributed by atoms with Gasteiger partial charge in [0, 0.05) is 11.5 Å². The number of esters is 2. The summed E-state index contributed by atoms with van der Waals surface area (Å²) in [6.45, 7) is 9.27. The number of fused-ring (bicyclic) bond motifs is 1. The summed E-state index contributed by atoms with van der Waals surface area (Å²) in [5, 5.41) is 0. The van der Waals surface area contributed by atoms with Crippen molar-refractivity contribution < 1.29 is 23.9 Å². The highest BCUT2D eigenvalue weighted by Gasteiger charge is 2.95. The molecule has 3 rings (SSSR count). The molecule has 2 aliphatic rings. The summed E-state index contributed by atoms with van der Waals surface area (Å²) in [6, 6.07) is 7.39. The van der Waals surface area contributed by atoms with E-state index >= 15 is 0 Å². The normalized spacial score (nSPS) is 31.1. The summed E-state index contributed by atoms with van der Waals surface area (Å²) >= 11 is 0. The van der Waals surface area contributed by atoms with Gasteiger partial charge in [0.25, 0.3) is 0 Å². The number of hydrogen-bond donors (Lipinski definition) is 0. The number of Topliss-reactive ketones (excluding diaryl/α,β-unsaturated/α-hetero) is 1. The summed E-state index contributed by atoms with van der Waals surface area (Å²) in [4.78, 5) is 39.2. The van der Waals surface area contributed by atoms with Crippen molar-refractivity contribution >= 4 is 17.7 Å². The smallest absolute Gasteiger partial charge is 0.325 e. The van der Waals surface area contributed by atoms with Crippen molar-refractivity contribution in [2.45, 2.75) is 53.1 Å². The van der Waals surface area contributed by atoms with Crippen LogP contribution in [0.1, 0.15) is 57.0 Å². The maximum Gasteiger partial charge on any atom is 0.325 e. The van der Waals surface area contributed by atoms with E-state index in [9.17, 15) is 14.4 Å². The molecule has 26 heavy (non-hydrogen) atoms. The lowest BCUT2D eigenvalue weighted by atomic mass is 9.81. The molecule has 1 aliphatic carbocycles. The maximum absolute atomic E-state index is 13.5. The number of ether oxygens (including phenoxy) is 2. The van der Waals surface area contributed by atoms with Crippen LogP contribution in [0.2, 0.25) is 0 Å². The van der Waals surface area contributed by atoms with Crippen molar-refractivity contribution in [3.63, 3.8) is 0 Å². The fourth-order valence-corrected chi connectivity index (χ4v) is 5.06. The minimum atomic E-state index is -1.53. The summed E-state index contributed by atoms with van der Waals surface area (Å²) in [5.74, 6) is -1.96. The van der Waals surface area contributed by atoms with E-state index in [1.54, 1.807) is 32.9 Å². The van der Waals surface area contributed by atoms with Gasteiger partial charge in [-0.15, -0.1) is 0 Å². The third-order valence-corrected chi connectivity index (χ3v) is 6.10. The number of benzene rings is 1. The number of hydrogen-bond acceptors (Lipinski definition) is 5. The number of cyclic esters (lactones) is 1. The average molecular weight is 358 g/mol. The largest absolute Gasteiger partial charge is 0.465 e. The van der Waals surface area contributed by atoms with E-state index in [2.05, 4.69) is 0 Å². The van der Waals surface area contributed by atoms with Gasteiger partial charge in [-0.25, -0.2) is 0 Å². The summed E-state index contributed by atoms with van der Waals surface area (Å²) in [5.41, 5.74) is -1.87. The molecule has 1 saturated heterocycles. The molecule has 0 amide bonds. The lowest BCUT2D eigenvalue weighted by Gasteiger charge is -2.28. The van der Waals surface area contributed by atoms with Crippen LogP contribution >= 0.6 is 0 Å². The topological polar surface area (TPSA) is 69.7 Å². The molecule has 0 unspecified atom stereocenters. The van der Waals surface area contributed by atoms with Crippen LogP contribution in [-0.4, -0.2) is 29.9 Å². The molecule has 0 spiro atoms. The van der Waals surface area contributed by atoms with Crippen molar-refractivity contribution in [2.24, 2.45) is 16.7 Å². The quantitative estimate of drug-likeness (QED) is 0.443. The van der Waals surface area contributed by atoms with Gasteiger partial charge in [0.05, 0.1) is 12.0 Å². The van der Waals surface area contributed by atoms with Crippen LogP contribution in [0.15, 0.2) is 24.3 Å². The van der Waals surface area contributed by atoms with E-state index in [4.69, 9.17) is 9.47 Å². The van der Waals surface area contributed by atoms with Gasteiger partial charge < -0.3 is 9.47 Å². The summed E-state index contributed by atoms with van der Waals surface area (Å²) in [7, 11) is 0. The van der Waals surface area contributed by atoms with Gasteiger partial charge >= 0.3 is 11.9 Å². The summed E-state index contributed by atoms with van der Waals surface area (Å²) < 4.78 is 10.7. The molecule has 1 aliphatic heterocycles. The Hall–Kier alpha value is -2.17. The number of ketones is 1. The second-order valence-electron chi connectivity index (χ2n) is 7.66. The van der Waals surface area contributed by atoms with Crippen molar-refractivity contribution in [3.8, 4) is 0 Å². The van der Waals surface area contributed by atoms with E-state index in [-0.39, 0.29) is 12.4 Å². The first-order chi connectivity index (χ1) is 12.2. The second kappa shape index (κ2) is 5.93. The van der Waals surface area contributed by atoms with Crippen LogP contribution < -0.4 is 0 Å². The number of carbonyl (C=O) groups excluding carboxylic acids is 3. The Balaban J connectivity index is 2.11. The maximum atomic E-state index is 13.5. The van der Waals surface area contributed by atoms with Crippen LogP contribution in [0.4, 0.5) is 0 Å². The number of aryl methyl sites for hydroxylation is 1. The standard InChI is InChI=1S/C21H26O5/c1-6-13-9-11-14(12-10-13)15(22)20(7-2)16-19(4,5)26-18(24)21(16,20)17(23)25-8-3/h9-12,16H,6-8H2,1-5H3/t16-,20+,21+/m1/s1. The fraction of sp³-hybridized carbons (Fsp3) is 0.571. The molecule has 1 saturated carbocycles. The molecule has 0 aromatic heterocycles. The first-order valence-electron chi connectivity index (χ1n) is 9.28. The Morgan fingerprint density at radius 1 is 1.12 bits per heavy atom. The molecule has 1 aromatic rings. The van der Waals surface area contributed by atoms with Gasteiger partial charge in [0.1, 0.15) is 5.60 Å². The van der Waals surface area contributed by atoms with Crippen LogP contribution in [0, 0.1) is 16.7 Å². The molecule has 0 bridgehead atoms. The molecule has 0 radical (unpaired) electrons. The molecule has 3 atom stereocenters. The van der Waals surface area contributed by atoms with Gasteiger partial charge in [0.2, 0.25) is 0 Å². The zero-order valence-electron chi connectivity index (χ0n) is 16.0. The van der Waals surface area contributed by atoms with Crippen LogP contribution in [0.25, 0.3) is 0 Å². The predicted molar refractivity (Wildman–Crippen MR) is 95.6 cm³/mol. The van der Waals surface area contributed by atoms with Crippen LogP contribution in [-0.2, 0) is 25.5 Å². The molecule has 2 fully saturated rings. The minimum absolute atomic E-state index is 0.153. The average Bonchev–Trinajstić information content (AvgIpc) is 3.21. The van der Waals surface area contributed by atoms with Gasteiger partial charge in [0.15, 0.2) is 11.2 Å². The molecule has 0 N–H and O–H groups in total. The van der Waals surface area contributed by atoms with Gasteiger partial charge in [-0.2, -0.15) is 0 Å². The SMILES string of the molecule is CCOC(=O)[C@]12C(=O)OC(C)(C)[C@@H]1[C@]2(CC)C(=O)c1ccc(CC)cc1. The van der Waals surface area contributed by atoms with Gasteiger partial charge in [-0.1, -0.05) is 38.1 Å². The molecule has 1 aromatic carbocycles. The van der Waals surface area contributed by atoms with E-state index in [1.807, 2.05) is 26.0 Å². The lowest BCUT2D eigenvalue weighted by Crippen LogP contribution is -2.40. The molecule has 140 valence electrons. The minimum Gasteiger partial charge on any atom is -0.465 e. The lowest BCUT2D eigenvalue weighted by molar-refractivity contribution is -0.166. The van der Waals surface area contributed by atoms with Crippen LogP contribution in [0.5, 0.6) is 0 Å². The molecular formula is C21H26O5. The Morgan fingerprint density at radius 3 is 2.23 bits per heavy atom. The van der Waals surface area contributed by atoms with Crippen molar-refractivity contribution in [3.05, 3.63) is 35.4 Å². The van der Waals surface area contributed by atoms with Crippen LogP contribution in [0.3, 0.4) is 0 Å². The highest BCUT2D eigenvalue weighted by Crippen LogP contribution is 2.80. The number of rotatable bonds is 6. The van der Waals surface area contributed by atoms with Crippen molar-refractivity contribution in [1.82, 2.24) is 0 Å². The van der Waals surface area contributed by atoms with Crippen molar-refractivity contribution in [1.29, 1.82) is 0 Å². The zero-order chi connectivity index (χ0) is 19.3. The Kier molecular flexibility index (Phi) is 4.25. The highest BCUT2D eigenvalue weighted by molar-refractivity contribution is 6.19. The van der Waals surface area contributed by atoms with E-state index < -0.39 is 34.3 Å². The Morgan fingerprint density at radius 2 is 1.73 bits per heavy atom. The molecule has 1 heterocycles. The van der Waals surface area contributed by atoms with Gasteiger partial charge in [-0.3, -0.25) is 14.4 Å². The molecule has 5 nitrogen and oxygen atoms in total. The predicted octanol–water partition coefficient (Wildman–Crippen LogP) is 3.34. The summed E-state index contributed by atoms with van der Waals surface area (Å²) in [6.07, 6.45) is 1.26. The highest BCUT2D eigenvalue weighted by atomic mass is 16.6. The zero-order valence-corrected chi connectivity index (χ0v) is 16.0.